The monoisotopic (exact) mass is 222 g/mol. The number of nitrogens with zero attached hydrogens (tertiary/aromatic N) is 2. The molecule has 2 N–H and O–H groups in total. The highest BCUT2D eigenvalue weighted by Gasteiger charge is 2.23. The topological polar surface area (TPSA) is 41.9 Å². The number of anilines is 2. The SMILES string of the molecule is CCc1nn(C)c2c1NCC(CC(C)C)N2. The van der Waals surface area contributed by atoms with Gasteiger partial charge >= 0.3 is 0 Å². The van der Waals surface area contributed by atoms with Crippen molar-refractivity contribution < 1.29 is 0 Å². The van der Waals surface area contributed by atoms with Crippen LogP contribution in [0.4, 0.5) is 11.5 Å². The van der Waals surface area contributed by atoms with E-state index in [2.05, 4.69) is 36.5 Å². The van der Waals surface area contributed by atoms with Gasteiger partial charge in [0.15, 0.2) is 0 Å². The van der Waals surface area contributed by atoms with Crippen LogP contribution in [-0.4, -0.2) is 22.4 Å². The van der Waals surface area contributed by atoms with Crippen molar-refractivity contribution in [2.75, 3.05) is 17.2 Å². The second-order valence-corrected chi connectivity index (χ2v) is 5.00. The van der Waals surface area contributed by atoms with E-state index in [4.69, 9.17) is 0 Å². The summed E-state index contributed by atoms with van der Waals surface area (Å²) in [6.45, 7) is 7.67. The fourth-order valence-electron chi connectivity index (χ4n) is 2.36. The quantitative estimate of drug-likeness (QED) is 0.824. The van der Waals surface area contributed by atoms with Gasteiger partial charge in [-0.15, -0.1) is 0 Å². The Bertz CT molecular complexity index is 367. The summed E-state index contributed by atoms with van der Waals surface area (Å²) in [4.78, 5) is 0. The Morgan fingerprint density at radius 2 is 2.25 bits per heavy atom. The molecule has 4 heteroatoms. The van der Waals surface area contributed by atoms with Crippen molar-refractivity contribution in [2.45, 2.75) is 39.7 Å². The number of hydrogen-bond acceptors (Lipinski definition) is 3. The Morgan fingerprint density at radius 3 is 2.88 bits per heavy atom. The van der Waals surface area contributed by atoms with E-state index < -0.39 is 0 Å². The lowest BCUT2D eigenvalue weighted by molar-refractivity contribution is 0.521. The molecule has 0 aliphatic carbocycles. The van der Waals surface area contributed by atoms with Crippen LogP contribution >= 0.6 is 0 Å². The number of aromatic nitrogens is 2. The predicted molar refractivity (Wildman–Crippen MR) is 67.9 cm³/mol. The Hall–Kier alpha value is -1.19. The first kappa shape index (κ1) is 11.3. The maximum absolute atomic E-state index is 4.52. The van der Waals surface area contributed by atoms with Crippen molar-refractivity contribution in [3.05, 3.63) is 5.69 Å². The van der Waals surface area contributed by atoms with Crippen LogP contribution in [0.3, 0.4) is 0 Å². The van der Waals surface area contributed by atoms with E-state index in [0.717, 1.165) is 30.4 Å². The largest absolute Gasteiger partial charge is 0.378 e. The van der Waals surface area contributed by atoms with Gasteiger partial charge in [-0.25, -0.2) is 0 Å². The number of fused-ring (bicyclic) bond motifs is 1. The summed E-state index contributed by atoms with van der Waals surface area (Å²) < 4.78 is 1.95. The van der Waals surface area contributed by atoms with E-state index in [1.807, 2.05) is 11.7 Å². The molecule has 0 fully saturated rings. The average molecular weight is 222 g/mol. The third kappa shape index (κ3) is 2.01. The molecule has 1 aromatic heterocycles. The molecule has 90 valence electrons. The molecule has 1 aromatic rings. The van der Waals surface area contributed by atoms with Gasteiger partial charge in [-0.1, -0.05) is 20.8 Å². The third-order valence-corrected chi connectivity index (χ3v) is 3.08. The van der Waals surface area contributed by atoms with Crippen LogP contribution < -0.4 is 10.6 Å². The molecule has 16 heavy (non-hydrogen) atoms. The second-order valence-electron chi connectivity index (χ2n) is 5.00. The van der Waals surface area contributed by atoms with Gasteiger partial charge in [-0.2, -0.15) is 5.10 Å². The van der Waals surface area contributed by atoms with E-state index in [9.17, 15) is 0 Å². The highest BCUT2D eigenvalue weighted by atomic mass is 15.3. The first-order valence-corrected chi connectivity index (χ1v) is 6.18. The lowest BCUT2D eigenvalue weighted by atomic mass is 10.0. The van der Waals surface area contributed by atoms with Gasteiger partial charge in [0, 0.05) is 19.6 Å². The van der Waals surface area contributed by atoms with E-state index in [1.165, 1.54) is 12.1 Å². The molecule has 0 saturated heterocycles. The van der Waals surface area contributed by atoms with Crippen LogP contribution in [-0.2, 0) is 13.5 Å². The average Bonchev–Trinajstić information content (AvgIpc) is 2.55. The van der Waals surface area contributed by atoms with Gasteiger partial charge in [0.2, 0.25) is 0 Å². The lowest BCUT2D eigenvalue weighted by Gasteiger charge is -2.28. The highest BCUT2D eigenvalue weighted by Crippen LogP contribution is 2.30. The van der Waals surface area contributed by atoms with Crippen LogP contribution in [0.25, 0.3) is 0 Å². The lowest BCUT2D eigenvalue weighted by Crippen LogP contribution is -2.34. The number of hydrogen-bond donors (Lipinski definition) is 2. The molecular weight excluding hydrogens is 200 g/mol. The zero-order chi connectivity index (χ0) is 11.7. The minimum Gasteiger partial charge on any atom is -0.378 e. The molecule has 1 aliphatic rings. The van der Waals surface area contributed by atoms with Gasteiger partial charge in [-0.3, -0.25) is 4.68 Å². The van der Waals surface area contributed by atoms with Crippen molar-refractivity contribution in [2.24, 2.45) is 13.0 Å². The molecule has 1 atom stereocenters. The molecule has 0 amide bonds. The fraction of sp³-hybridized carbons (Fsp3) is 0.750. The summed E-state index contributed by atoms with van der Waals surface area (Å²) in [7, 11) is 2.00. The summed E-state index contributed by atoms with van der Waals surface area (Å²) in [5, 5.41) is 11.6. The highest BCUT2D eigenvalue weighted by molar-refractivity contribution is 5.70. The van der Waals surface area contributed by atoms with Crippen LogP contribution in [0.1, 0.15) is 32.9 Å². The van der Waals surface area contributed by atoms with Crippen molar-refractivity contribution in [3.63, 3.8) is 0 Å². The molecule has 0 saturated carbocycles. The minimum atomic E-state index is 0.521. The molecule has 1 aliphatic heterocycles. The van der Waals surface area contributed by atoms with E-state index in [1.54, 1.807) is 0 Å². The standard InChI is InChI=1S/C12H22N4/c1-5-10-11-12(16(4)15-10)14-9(7-13-11)6-8(2)3/h8-9,13-14H,5-7H2,1-4H3. The summed E-state index contributed by atoms with van der Waals surface area (Å²) in [6, 6.07) is 0.521. The molecule has 0 bridgehead atoms. The van der Waals surface area contributed by atoms with Gasteiger partial charge in [0.25, 0.3) is 0 Å². The first-order valence-electron chi connectivity index (χ1n) is 6.18. The summed E-state index contributed by atoms with van der Waals surface area (Å²) in [6.07, 6.45) is 2.17. The van der Waals surface area contributed by atoms with E-state index in [0.29, 0.717) is 6.04 Å². The van der Waals surface area contributed by atoms with Crippen LogP contribution in [0, 0.1) is 5.92 Å². The van der Waals surface area contributed by atoms with E-state index >= 15 is 0 Å². The predicted octanol–water partition coefficient (Wildman–Crippen LogP) is 2.23. The van der Waals surface area contributed by atoms with Gasteiger partial charge in [-0.05, 0) is 18.8 Å². The van der Waals surface area contributed by atoms with Gasteiger partial charge < -0.3 is 10.6 Å². The summed E-state index contributed by atoms with van der Waals surface area (Å²) in [5.74, 6) is 1.87. The fourth-order valence-corrected chi connectivity index (χ4v) is 2.36. The number of rotatable bonds is 3. The van der Waals surface area contributed by atoms with Gasteiger partial charge in [0.05, 0.1) is 5.69 Å². The normalized spacial score (nSPS) is 19.2. The van der Waals surface area contributed by atoms with Crippen LogP contribution in [0.15, 0.2) is 0 Å². The molecule has 0 aromatic carbocycles. The Labute approximate surface area is 97.4 Å². The van der Waals surface area contributed by atoms with Crippen molar-refractivity contribution in [3.8, 4) is 0 Å². The summed E-state index contributed by atoms with van der Waals surface area (Å²) in [5.41, 5.74) is 2.36. The molecule has 2 heterocycles. The number of nitrogens with one attached hydrogen (secondary N) is 2. The molecule has 2 rings (SSSR count). The zero-order valence-electron chi connectivity index (χ0n) is 10.7. The van der Waals surface area contributed by atoms with Crippen LogP contribution in [0.5, 0.6) is 0 Å². The van der Waals surface area contributed by atoms with Crippen molar-refractivity contribution >= 4 is 11.5 Å². The smallest absolute Gasteiger partial charge is 0.148 e. The van der Waals surface area contributed by atoms with Crippen molar-refractivity contribution in [1.29, 1.82) is 0 Å². The molecule has 4 nitrogen and oxygen atoms in total. The third-order valence-electron chi connectivity index (χ3n) is 3.08. The van der Waals surface area contributed by atoms with Crippen molar-refractivity contribution in [1.82, 2.24) is 9.78 Å². The van der Waals surface area contributed by atoms with Gasteiger partial charge in [0.1, 0.15) is 11.5 Å². The van der Waals surface area contributed by atoms with Crippen LogP contribution in [0.2, 0.25) is 0 Å². The Kier molecular flexibility index (Phi) is 3.08. The minimum absolute atomic E-state index is 0.521. The summed E-state index contributed by atoms with van der Waals surface area (Å²) >= 11 is 0. The first-order chi connectivity index (χ1) is 7.61. The molecule has 0 spiro atoms. The molecule has 1 unspecified atom stereocenters. The Balaban J connectivity index is 2.17. The second kappa shape index (κ2) is 4.36. The molecular formula is C12H22N4. The zero-order valence-corrected chi connectivity index (χ0v) is 10.7. The number of aryl methyl sites for hydroxylation is 2. The molecule has 0 radical (unpaired) electrons. The van der Waals surface area contributed by atoms with E-state index in [-0.39, 0.29) is 0 Å². The Morgan fingerprint density at radius 1 is 1.50 bits per heavy atom. The maximum atomic E-state index is 4.52. The maximum Gasteiger partial charge on any atom is 0.148 e.